The Morgan fingerprint density at radius 3 is 2.52 bits per heavy atom. The monoisotopic (exact) mass is 511 g/mol. The van der Waals surface area contributed by atoms with Crippen molar-refractivity contribution < 1.29 is 9.53 Å². The molecular formula is C18H34IN5O2S. The molecule has 0 atom stereocenters. The molecule has 27 heavy (non-hydrogen) atoms. The normalized spacial score (nSPS) is 11.6. The van der Waals surface area contributed by atoms with Crippen molar-refractivity contribution in [2.45, 2.75) is 53.7 Å². The van der Waals surface area contributed by atoms with Gasteiger partial charge in [-0.25, -0.2) is 9.78 Å². The minimum Gasteiger partial charge on any atom is -0.444 e. The number of aryl methyl sites for hydroxylation is 1. The molecule has 1 heterocycles. The molecule has 7 nitrogen and oxygen atoms in total. The lowest BCUT2D eigenvalue weighted by Gasteiger charge is -2.26. The topological polar surface area (TPSA) is 70.1 Å². The van der Waals surface area contributed by atoms with Gasteiger partial charge in [-0.05, 0) is 41.5 Å². The highest BCUT2D eigenvalue weighted by Crippen LogP contribution is 2.11. The SMILES string of the molecule is CCNC(=NCCN(CC)C(=O)OC(C)(C)C)N(C)Cc1csc(C)n1.I. The van der Waals surface area contributed by atoms with Crippen LogP contribution in [0.3, 0.4) is 0 Å². The number of nitrogens with one attached hydrogen (secondary N) is 1. The Kier molecular flexibility index (Phi) is 11.9. The number of nitrogens with zero attached hydrogens (tertiary/aromatic N) is 4. The summed E-state index contributed by atoms with van der Waals surface area (Å²) in [6.07, 6.45) is -0.300. The van der Waals surface area contributed by atoms with E-state index in [9.17, 15) is 4.79 Å². The Balaban J connectivity index is 0.00000676. The second-order valence-corrected chi connectivity index (χ2v) is 8.07. The van der Waals surface area contributed by atoms with E-state index in [0.717, 1.165) is 23.2 Å². The molecule has 0 aliphatic rings. The first kappa shape index (κ1) is 25.9. The van der Waals surface area contributed by atoms with Crippen LogP contribution >= 0.6 is 35.3 Å². The van der Waals surface area contributed by atoms with Crippen LogP contribution in [-0.4, -0.2) is 65.7 Å². The van der Waals surface area contributed by atoms with Gasteiger partial charge in [-0.3, -0.25) is 4.99 Å². The molecule has 0 aliphatic carbocycles. The van der Waals surface area contributed by atoms with Crippen LogP contribution in [-0.2, 0) is 11.3 Å². The van der Waals surface area contributed by atoms with E-state index in [0.29, 0.717) is 26.2 Å². The maximum atomic E-state index is 12.2. The summed E-state index contributed by atoms with van der Waals surface area (Å²) in [5.74, 6) is 0.804. The van der Waals surface area contributed by atoms with Gasteiger partial charge < -0.3 is 19.9 Å². The molecule has 0 radical (unpaired) electrons. The van der Waals surface area contributed by atoms with Crippen LogP contribution in [0.5, 0.6) is 0 Å². The number of likely N-dealkylation sites (N-methyl/N-ethyl adjacent to an activating group) is 1. The molecule has 0 unspecified atom stereocenters. The number of hydrogen-bond donors (Lipinski definition) is 1. The Labute approximate surface area is 184 Å². The fourth-order valence-corrected chi connectivity index (χ4v) is 2.85. The van der Waals surface area contributed by atoms with E-state index in [4.69, 9.17) is 4.74 Å². The number of thiazole rings is 1. The fraction of sp³-hybridized carbons (Fsp3) is 0.722. The van der Waals surface area contributed by atoms with Crippen LogP contribution in [0.2, 0.25) is 0 Å². The number of halogens is 1. The summed E-state index contributed by atoms with van der Waals surface area (Å²) in [5, 5.41) is 6.41. The van der Waals surface area contributed by atoms with Crippen LogP contribution in [0.4, 0.5) is 4.79 Å². The van der Waals surface area contributed by atoms with Crippen molar-refractivity contribution >= 4 is 47.4 Å². The third kappa shape index (κ3) is 10.1. The lowest BCUT2D eigenvalue weighted by molar-refractivity contribution is 0.0266. The lowest BCUT2D eigenvalue weighted by atomic mass is 10.2. The summed E-state index contributed by atoms with van der Waals surface area (Å²) in [6.45, 7) is 14.7. The van der Waals surface area contributed by atoms with E-state index < -0.39 is 5.60 Å². The number of aromatic nitrogens is 1. The first-order chi connectivity index (χ1) is 12.2. The standard InChI is InChI=1S/C18H33N5O2S.HI/c1-8-19-16(22(7)12-15-13-26-14(3)21-15)20-10-11-23(9-2)17(24)25-18(4,5)6;/h13H,8-12H2,1-7H3,(H,19,20);1H. The quantitative estimate of drug-likeness (QED) is 0.343. The van der Waals surface area contributed by atoms with Crippen molar-refractivity contribution in [2.24, 2.45) is 4.99 Å². The molecule has 0 saturated heterocycles. The number of hydrogen-bond acceptors (Lipinski definition) is 5. The van der Waals surface area contributed by atoms with Crippen LogP contribution in [0.1, 0.15) is 45.3 Å². The van der Waals surface area contributed by atoms with Gasteiger partial charge in [-0.1, -0.05) is 0 Å². The number of ether oxygens (including phenoxy) is 1. The van der Waals surface area contributed by atoms with Crippen molar-refractivity contribution in [2.75, 3.05) is 33.2 Å². The molecule has 1 aromatic heterocycles. The molecule has 1 N–H and O–H groups in total. The summed E-state index contributed by atoms with van der Waals surface area (Å²) >= 11 is 1.65. The van der Waals surface area contributed by atoms with E-state index in [1.165, 1.54) is 0 Å². The average molecular weight is 511 g/mol. The van der Waals surface area contributed by atoms with E-state index in [-0.39, 0.29) is 30.1 Å². The van der Waals surface area contributed by atoms with Crippen molar-refractivity contribution in [3.05, 3.63) is 16.1 Å². The highest BCUT2D eigenvalue weighted by Gasteiger charge is 2.20. The lowest BCUT2D eigenvalue weighted by Crippen LogP contribution is -2.40. The number of carbonyl (C=O) groups is 1. The van der Waals surface area contributed by atoms with Gasteiger partial charge in [-0.2, -0.15) is 0 Å². The molecular weight excluding hydrogens is 477 g/mol. The smallest absolute Gasteiger partial charge is 0.410 e. The van der Waals surface area contributed by atoms with E-state index in [1.807, 2.05) is 53.5 Å². The van der Waals surface area contributed by atoms with E-state index >= 15 is 0 Å². The molecule has 1 rings (SSSR count). The Bertz CT molecular complexity index is 601. The molecule has 0 aromatic carbocycles. The predicted octanol–water partition coefficient (Wildman–Crippen LogP) is 3.72. The molecule has 0 saturated carbocycles. The average Bonchev–Trinajstić information content (AvgIpc) is 2.93. The van der Waals surface area contributed by atoms with Gasteiger partial charge in [0.15, 0.2) is 5.96 Å². The van der Waals surface area contributed by atoms with Gasteiger partial charge >= 0.3 is 6.09 Å². The molecule has 1 aromatic rings. The summed E-state index contributed by atoms with van der Waals surface area (Å²) in [6, 6.07) is 0. The van der Waals surface area contributed by atoms with Crippen LogP contribution in [0.15, 0.2) is 10.4 Å². The van der Waals surface area contributed by atoms with E-state index in [2.05, 4.69) is 20.7 Å². The number of rotatable bonds is 7. The van der Waals surface area contributed by atoms with E-state index in [1.54, 1.807) is 16.2 Å². The summed E-state index contributed by atoms with van der Waals surface area (Å²) in [5.41, 5.74) is 0.540. The second kappa shape index (κ2) is 12.4. The van der Waals surface area contributed by atoms with Gasteiger partial charge in [0.2, 0.25) is 0 Å². The van der Waals surface area contributed by atoms with Gasteiger partial charge in [-0.15, -0.1) is 35.3 Å². The predicted molar refractivity (Wildman–Crippen MR) is 123 cm³/mol. The minimum absolute atomic E-state index is 0. The second-order valence-electron chi connectivity index (χ2n) is 7.01. The molecule has 156 valence electrons. The van der Waals surface area contributed by atoms with Crippen molar-refractivity contribution in [3.63, 3.8) is 0 Å². The van der Waals surface area contributed by atoms with Crippen molar-refractivity contribution in [1.82, 2.24) is 20.1 Å². The fourth-order valence-electron chi connectivity index (χ4n) is 2.25. The Hall–Kier alpha value is -1.10. The maximum absolute atomic E-state index is 12.2. The Morgan fingerprint density at radius 2 is 2.04 bits per heavy atom. The summed E-state index contributed by atoms with van der Waals surface area (Å²) in [7, 11) is 1.99. The number of aliphatic imine (C=N–C) groups is 1. The number of guanidine groups is 1. The van der Waals surface area contributed by atoms with Gasteiger partial charge in [0, 0.05) is 32.1 Å². The zero-order chi connectivity index (χ0) is 19.7. The number of carbonyl (C=O) groups excluding carboxylic acids is 1. The highest BCUT2D eigenvalue weighted by molar-refractivity contribution is 14.0. The molecule has 0 bridgehead atoms. The molecule has 0 fully saturated rings. The molecule has 0 aliphatic heterocycles. The summed E-state index contributed by atoms with van der Waals surface area (Å²) < 4.78 is 5.43. The zero-order valence-corrected chi connectivity index (χ0v) is 20.7. The van der Waals surface area contributed by atoms with Crippen molar-refractivity contribution in [1.29, 1.82) is 0 Å². The number of amides is 1. The Morgan fingerprint density at radius 1 is 1.37 bits per heavy atom. The van der Waals surface area contributed by atoms with Crippen LogP contribution in [0.25, 0.3) is 0 Å². The van der Waals surface area contributed by atoms with Gasteiger partial charge in [0.1, 0.15) is 5.60 Å². The third-order valence-corrected chi connectivity index (χ3v) is 4.25. The third-order valence-electron chi connectivity index (χ3n) is 3.43. The summed E-state index contributed by atoms with van der Waals surface area (Å²) in [4.78, 5) is 25.0. The largest absolute Gasteiger partial charge is 0.444 e. The van der Waals surface area contributed by atoms with Crippen molar-refractivity contribution in [3.8, 4) is 0 Å². The molecule has 0 spiro atoms. The molecule has 9 heteroatoms. The minimum atomic E-state index is -0.491. The van der Waals surface area contributed by atoms with Crippen LogP contribution in [0, 0.1) is 6.92 Å². The van der Waals surface area contributed by atoms with Gasteiger partial charge in [0.25, 0.3) is 0 Å². The van der Waals surface area contributed by atoms with Gasteiger partial charge in [0.05, 0.1) is 23.8 Å². The highest BCUT2D eigenvalue weighted by atomic mass is 127. The first-order valence-corrected chi connectivity index (χ1v) is 9.92. The maximum Gasteiger partial charge on any atom is 0.410 e. The first-order valence-electron chi connectivity index (χ1n) is 9.04. The molecule has 1 amide bonds. The zero-order valence-electron chi connectivity index (χ0n) is 17.5. The van der Waals surface area contributed by atoms with Crippen LogP contribution < -0.4 is 5.32 Å².